The quantitative estimate of drug-likeness (QED) is 0.923. The predicted molar refractivity (Wildman–Crippen MR) is 88.5 cm³/mol. The molecule has 22 heavy (non-hydrogen) atoms. The minimum atomic E-state index is 0.0752. The number of nitrogens with one attached hydrogen (secondary N) is 1. The summed E-state index contributed by atoms with van der Waals surface area (Å²) >= 11 is 0. The minimum absolute atomic E-state index is 0.0752. The van der Waals surface area contributed by atoms with E-state index in [0.29, 0.717) is 12.3 Å². The number of carbonyl (C=O) groups is 1. The summed E-state index contributed by atoms with van der Waals surface area (Å²) in [5.41, 5.74) is 4.57. The van der Waals surface area contributed by atoms with Gasteiger partial charge in [0.15, 0.2) is 0 Å². The van der Waals surface area contributed by atoms with Gasteiger partial charge in [0.2, 0.25) is 5.91 Å². The molecule has 114 valence electrons. The summed E-state index contributed by atoms with van der Waals surface area (Å²) in [5.74, 6) is 1.25. The summed E-state index contributed by atoms with van der Waals surface area (Å²) in [5, 5.41) is 3.00. The van der Waals surface area contributed by atoms with Crippen LogP contribution in [0, 0.1) is 6.92 Å². The molecule has 0 saturated carbocycles. The second kappa shape index (κ2) is 6.22. The van der Waals surface area contributed by atoms with Crippen molar-refractivity contribution in [3.63, 3.8) is 0 Å². The largest absolute Gasteiger partial charge is 0.496 e. The number of rotatable bonds is 4. The molecule has 3 rings (SSSR count). The summed E-state index contributed by atoms with van der Waals surface area (Å²) in [6, 6.07) is 14.2. The highest BCUT2D eigenvalue weighted by Crippen LogP contribution is 2.35. The maximum Gasteiger partial charge on any atom is 0.224 e. The van der Waals surface area contributed by atoms with Crippen molar-refractivity contribution < 1.29 is 9.53 Å². The van der Waals surface area contributed by atoms with E-state index in [0.717, 1.165) is 29.8 Å². The van der Waals surface area contributed by atoms with Crippen molar-refractivity contribution in [1.29, 1.82) is 0 Å². The third-order valence-electron chi connectivity index (χ3n) is 4.37. The van der Waals surface area contributed by atoms with Gasteiger partial charge in [-0.25, -0.2) is 0 Å². The van der Waals surface area contributed by atoms with Crippen molar-refractivity contribution in [3.05, 3.63) is 59.2 Å². The summed E-state index contributed by atoms with van der Waals surface area (Å²) in [6.07, 6.45) is 2.69. The van der Waals surface area contributed by atoms with Crippen molar-refractivity contribution in [2.75, 3.05) is 12.4 Å². The van der Waals surface area contributed by atoms with Crippen LogP contribution in [-0.2, 0) is 11.2 Å². The Kier molecular flexibility index (Phi) is 4.14. The Bertz CT molecular complexity index is 694. The van der Waals surface area contributed by atoms with Crippen LogP contribution in [0.3, 0.4) is 0 Å². The van der Waals surface area contributed by atoms with Crippen LogP contribution in [-0.4, -0.2) is 13.0 Å². The molecule has 0 heterocycles. The maximum atomic E-state index is 12.3. The minimum Gasteiger partial charge on any atom is -0.496 e. The van der Waals surface area contributed by atoms with Gasteiger partial charge in [0.05, 0.1) is 7.11 Å². The van der Waals surface area contributed by atoms with Crippen LogP contribution in [0.25, 0.3) is 0 Å². The van der Waals surface area contributed by atoms with Crippen LogP contribution in [0.15, 0.2) is 42.5 Å². The Labute approximate surface area is 131 Å². The van der Waals surface area contributed by atoms with Gasteiger partial charge in [0.1, 0.15) is 5.75 Å². The third kappa shape index (κ3) is 2.98. The van der Waals surface area contributed by atoms with Gasteiger partial charge < -0.3 is 10.1 Å². The van der Waals surface area contributed by atoms with Gasteiger partial charge in [-0.05, 0) is 60.6 Å². The van der Waals surface area contributed by atoms with E-state index in [-0.39, 0.29) is 5.91 Å². The zero-order valence-electron chi connectivity index (χ0n) is 13.1. The number of benzene rings is 2. The topological polar surface area (TPSA) is 38.3 Å². The molecule has 2 aromatic carbocycles. The molecular weight excluding hydrogens is 274 g/mol. The number of hydrogen-bond acceptors (Lipinski definition) is 2. The number of carbonyl (C=O) groups excluding carboxylic acids is 1. The fourth-order valence-electron chi connectivity index (χ4n) is 3.25. The van der Waals surface area contributed by atoms with Crippen LogP contribution in [0.1, 0.15) is 35.4 Å². The molecule has 0 fully saturated rings. The Balaban J connectivity index is 1.65. The van der Waals surface area contributed by atoms with Gasteiger partial charge in [-0.1, -0.05) is 24.3 Å². The van der Waals surface area contributed by atoms with Crippen molar-refractivity contribution in [1.82, 2.24) is 0 Å². The lowest BCUT2D eigenvalue weighted by Crippen LogP contribution is -2.14. The number of aryl methyl sites for hydroxylation is 2. The molecule has 0 aliphatic heterocycles. The van der Waals surface area contributed by atoms with Crippen LogP contribution in [0.4, 0.5) is 5.69 Å². The Morgan fingerprint density at radius 2 is 2.09 bits per heavy atom. The molecule has 0 spiro atoms. The van der Waals surface area contributed by atoms with Crippen LogP contribution in [0.5, 0.6) is 5.75 Å². The van der Waals surface area contributed by atoms with Gasteiger partial charge in [-0.2, -0.15) is 0 Å². The molecule has 3 heteroatoms. The Morgan fingerprint density at radius 3 is 2.86 bits per heavy atom. The van der Waals surface area contributed by atoms with E-state index in [9.17, 15) is 4.79 Å². The fraction of sp³-hybridized carbons (Fsp3) is 0.316. The van der Waals surface area contributed by atoms with E-state index in [1.165, 1.54) is 11.1 Å². The summed E-state index contributed by atoms with van der Waals surface area (Å²) in [7, 11) is 1.65. The lowest BCUT2D eigenvalue weighted by Gasteiger charge is -2.13. The summed E-state index contributed by atoms with van der Waals surface area (Å²) in [4.78, 5) is 12.3. The first kappa shape index (κ1) is 14.6. The standard InChI is InChI=1S/C19H21NO2/c1-13-11-16(9-10-18(13)22-2)20-19(21)12-15-8-7-14-5-3-4-6-17(14)15/h3-6,9-11,15H,7-8,12H2,1-2H3,(H,20,21). The lowest BCUT2D eigenvalue weighted by atomic mass is 9.97. The number of hydrogen-bond donors (Lipinski definition) is 1. The second-order valence-corrected chi connectivity index (χ2v) is 5.87. The number of anilines is 1. The molecule has 1 amide bonds. The second-order valence-electron chi connectivity index (χ2n) is 5.87. The van der Waals surface area contributed by atoms with E-state index in [1.807, 2.05) is 25.1 Å². The SMILES string of the molecule is COc1ccc(NC(=O)CC2CCc3ccccc32)cc1C. The first-order valence-corrected chi connectivity index (χ1v) is 7.69. The zero-order chi connectivity index (χ0) is 15.5. The average molecular weight is 295 g/mol. The van der Waals surface area contributed by atoms with Gasteiger partial charge in [0, 0.05) is 12.1 Å². The number of ether oxygens (including phenoxy) is 1. The first-order chi connectivity index (χ1) is 10.7. The molecule has 1 unspecified atom stereocenters. The molecular formula is C19H21NO2. The van der Waals surface area contributed by atoms with Gasteiger partial charge >= 0.3 is 0 Å². The Hall–Kier alpha value is -2.29. The molecule has 3 nitrogen and oxygen atoms in total. The summed E-state index contributed by atoms with van der Waals surface area (Å²) in [6.45, 7) is 1.97. The number of amides is 1. The summed E-state index contributed by atoms with van der Waals surface area (Å²) < 4.78 is 5.24. The van der Waals surface area contributed by atoms with Gasteiger partial charge in [0.25, 0.3) is 0 Å². The van der Waals surface area contributed by atoms with Crippen molar-refractivity contribution in [2.24, 2.45) is 0 Å². The van der Waals surface area contributed by atoms with E-state index < -0.39 is 0 Å². The van der Waals surface area contributed by atoms with E-state index in [4.69, 9.17) is 4.74 Å². The molecule has 1 atom stereocenters. The highest BCUT2D eigenvalue weighted by Gasteiger charge is 2.24. The molecule has 1 aliphatic carbocycles. The smallest absolute Gasteiger partial charge is 0.224 e. The third-order valence-corrected chi connectivity index (χ3v) is 4.37. The number of fused-ring (bicyclic) bond motifs is 1. The maximum absolute atomic E-state index is 12.3. The number of methoxy groups -OCH3 is 1. The van der Waals surface area contributed by atoms with Gasteiger partial charge in [-0.3, -0.25) is 4.79 Å². The van der Waals surface area contributed by atoms with Crippen molar-refractivity contribution >= 4 is 11.6 Å². The van der Waals surface area contributed by atoms with Crippen molar-refractivity contribution in [3.8, 4) is 5.75 Å². The average Bonchev–Trinajstić information content (AvgIpc) is 2.91. The molecule has 1 aliphatic rings. The molecule has 0 aromatic heterocycles. The van der Waals surface area contributed by atoms with Crippen LogP contribution in [0.2, 0.25) is 0 Å². The fourth-order valence-corrected chi connectivity index (χ4v) is 3.25. The zero-order valence-corrected chi connectivity index (χ0v) is 13.1. The van der Waals surface area contributed by atoms with Crippen LogP contribution >= 0.6 is 0 Å². The van der Waals surface area contributed by atoms with E-state index >= 15 is 0 Å². The molecule has 2 aromatic rings. The monoisotopic (exact) mass is 295 g/mol. The normalized spacial score (nSPS) is 16.2. The van der Waals surface area contributed by atoms with E-state index in [2.05, 4.69) is 29.6 Å². The predicted octanol–water partition coefficient (Wildman–Crippen LogP) is 4.06. The molecule has 0 saturated heterocycles. The lowest BCUT2D eigenvalue weighted by molar-refractivity contribution is -0.116. The van der Waals surface area contributed by atoms with Crippen LogP contribution < -0.4 is 10.1 Å². The van der Waals surface area contributed by atoms with Gasteiger partial charge in [-0.15, -0.1) is 0 Å². The highest BCUT2D eigenvalue weighted by molar-refractivity contribution is 5.91. The first-order valence-electron chi connectivity index (χ1n) is 7.69. The molecule has 0 radical (unpaired) electrons. The molecule has 1 N–H and O–H groups in total. The molecule has 0 bridgehead atoms. The van der Waals surface area contributed by atoms with Crippen molar-refractivity contribution in [2.45, 2.75) is 32.1 Å². The van der Waals surface area contributed by atoms with E-state index in [1.54, 1.807) is 7.11 Å². The highest BCUT2D eigenvalue weighted by atomic mass is 16.5. The Morgan fingerprint density at radius 1 is 1.27 bits per heavy atom.